The number of hydrogen-bond donors (Lipinski definition) is 2. The van der Waals surface area contributed by atoms with Crippen molar-refractivity contribution in [3.05, 3.63) is 59.7 Å². The van der Waals surface area contributed by atoms with E-state index in [9.17, 15) is 9.00 Å². The monoisotopic (exact) mass is 366 g/mol. The predicted octanol–water partition coefficient (Wildman–Crippen LogP) is 3.99. The summed E-state index contributed by atoms with van der Waals surface area (Å²) in [5.74, 6) is 0.206. The van der Waals surface area contributed by atoms with Gasteiger partial charge in [0.1, 0.15) is 0 Å². The highest BCUT2D eigenvalue weighted by atomic mass is 35.5. The number of nitrogens with two attached hydrogens (primary N) is 1. The molecule has 0 aromatic heterocycles. The van der Waals surface area contributed by atoms with Gasteiger partial charge in [-0.25, -0.2) is 0 Å². The van der Waals surface area contributed by atoms with Crippen molar-refractivity contribution < 1.29 is 9.00 Å². The van der Waals surface area contributed by atoms with Crippen LogP contribution in [0.5, 0.6) is 0 Å². The largest absolute Gasteiger partial charge is 0.398 e. The lowest BCUT2D eigenvalue weighted by molar-refractivity contribution is 0.102. The molecule has 3 N–H and O–H groups in total. The SMILES string of the molecule is CC(C)(C)S(=O)Cc1cccc(NC(=O)c2ccccc2N)c1.Cl. The van der Waals surface area contributed by atoms with E-state index in [0.29, 0.717) is 22.7 Å². The van der Waals surface area contributed by atoms with Gasteiger partial charge in [0, 0.05) is 32.7 Å². The second-order valence-electron chi connectivity index (χ2n) is 6.34. The number of halogens is 1. The predicted molar refractivity (Wildman–Crippen MR) is 104 cm³/mol. The van der Waals surface area contributed by atoms with Gasteiger partial charge in [-0.2, -0.15) is 0 Å². The first-order valence-corrected chi connectivity index (χ1v) is 8.72. The van der Waals surface area contributed by atoms with E-state index in [2.05, 4.69) is 5.32 Å². The van der Waals surface area contributed by atoms with Gasteiger partial charge in [-0.15, -0.1) is 12.4 Å². The molecule has 0 fully saturated rings. The summed E-state index contributed by atoms with van der Waals surface area (Å²) in [6.07, 6.45) is 0. The van der Waals surface area contributed by atoms with E-state index in [-0.39, 0.29) is 23.1 Å². The summed E-state index contributed by atoms with van der Waals surface area (Å²) in [5.41, 5.74) is 8.29. The van der Waals surface area contributed by atoms with Gasteiger partial charge in [0.05, 0.1) is 5.56 Å². The smallest absolute Gasteiger partial charge is 0.257 e. The molecular formula is C18H23ClN2O2S. The van der Waals surface area contributed by atoms with Crippen molar-refractivity contribution in [2.75, 3.05) is 11.1 Å². The molecule has 0 aliphatic carbocycles. The molecule has 0 aliphatic heterocycles. The Bertz CT molecular complexity index is 742. The van der Waals surface area contributed by atoms with Crippen molar-refractivity contribution >= 4 is 40.5 Å². The Morgan fingerprint density at radius 2 is 1.79 bits per heavy atom. The average molecular weight is 367 g/mol. The average Bonchev–Trinajstić information content (AvgIpc) is 2.47. The molecule has 4 nitrogen and oxygen atoms in total. The van der Waals surface area contributed by atoms with E-state index in [4.69, 9.17) is 5.73 Å². The minimum absolute atomic E-state index is 0. The first-order valence-electron chi connectivity index (χ1n) is 7.40. The highest BCUT2D eigenvalue weighted by Crippen LogP contribution is 2.20. The van der Waals surface area contributed by atoms with Crippen LogP contribution in [-0.2, 0) is 16.6 Å². The first-order chi connectivity index (χ1) is 10.8. The van der Waals surface area contributed by atoms with Gasteiger partial charge in [0.2, 0.25) is 0 Å². The second-order valence-corrected chi connectivity index (χ2v) is 8.55. The molecule has 2 aromatic carbocycles. The minimum Gasteiger partial charge on any atom is -0.398 e. The van der Waals surface area contributed by atoms with Crippen molar-refractivity contribution in [2.24, 2.45) is 0 Å². The zero-order valence-corrected chi connectivity index (χ0v) is 15.7. The number of hydrogen-bond acceptors (Lipinski definition) is 3. The molecule has 0 saturated heterocycles. The van der Waals surface area contributed by atoms with Crippen LogP contribution in [0.15, 0.2) is 48.5 Å². The van der Waals surface area contributed by atoms with Crippen LogP contribution in [0.25, 0.3) is 0 Å². The Kier molecular flexibility index (Phi) is 6.99. The van der Waals surface area contributed by atoms with Crippen molar-refractivity contribution in [1.82, 2.24) is 0 Å². The molecule has 2 rings (SSSR count). The van der Waals surface area contributed by atoms with Gasteiger partial charge < -0.3 is 11.1 Å². The third-order valence-corrected chi connectivity index (χ3v) is 5.33. The summed E-state index contributed by atoms with van der Waals surface area (Å²) >= 11 is 0. The van der Waals surface area contributed by atoms with Crippen LogP contribution in [0.1, 0.15) is 36.7 Å². The second kappa shape index (κ2) is 8.31. The van der Waals surface area contributed by atoms with Crippen LogP contribution in [0.4, 0.5) is 11.4 Å². The fraction of sp³-hybridized carbons (Fsp3) is 0.278. The fourth-order valence-electron chi connectivity index (χ4n) is 2.01. The highest BCUT2D eigenvalue weighted by molar-refractivity contribution is 7.85. The maximum absolute atomic E-state index is 12.3. The summed E-state index contributed by atoms with van der Waals surface area (Å²) in [7, 11) is -0.982. The maximum Gasteiger partial charge on any atom is 0.257 e. The van der Waals surface area contributed by atoms with Gasteiger partial charge in [-0.3, -0.25) is 9.00 Å². The molecule has 0 heterocycles. The van der Waals surface area contributed by atoms with E-state index in [1.165, 1.54) is 0 Å². The Labute approximate surface area is 151 Å². The Morgan fingerprint density at radius 1 is 1.12 bits per heavy atom. The molecule has 0 saturated carbocycles. The van der Waals surface area contributed by atoms with Crippen LogP contribution < -0.4 is 11.1 Å². The minimum atomic E-state index is -0.982. The fourth-order valence-corrected chi connectivity index (χ4v) is 2.92. The van der Waals surface area contributed by atoms with Crippen LogP contribution in [0.2, 0.25) is 0 Å². The van der Waals surface area contributed by atoms with Crippen LogP contribution in [0, 0.1) is 0 Å². The van der Waals surface area contributed by atoms with Crippen LogP contribution in [-0.4, -0.2) is 14.9 Å². The number of carbonyl (C=O) groups is 1. The molecule has 24 heavy (non-hydrogen) atoms. The third kappa shape index (κ3) is 5.35. The van der Waals surface area contributed by atoms with E-state index in [0.717, 1.165) is 5.56 Å². The maximum atomic E-state index is 12.3. The molecule has 130 valence electrons. The normalized spacial score (nSPS) is 12.1. The molecule has 0 radical (unpaired) electrons. The zero-order chi connectivity index (χ0) is 17.0. The van der Waals surface area contributed by atoms with E-state index >= 15 is 0 Å². The molecule has 0 aliphatic rings. The molecule has 1 unspecified atom stereocenters. The molecule has 0 spiro atoms. The highest BCUT2D eigenvalue weighted by Gasteiger charge is 2.19. The summed E-state index contributed by atoms with van der Waals surface area (Å²) in [6, 6.07) is 14.3. The standard InChI is InChI=1S/C18H22N2O2S.ClH/c1-18(2,3)23(22)12-13-7-6-8-14(11-13)20-17(21)15-9-4-5-10-16(15)19;/h4-11H,12,19H2,1-3H3,(H,20,21);1H. The molecule has 6 heteroatoms. The van der Waals surface area contributed by atoms with Crippen molar-refractivity contribution in [2.45, 2.75) is 31.3 Å². The third-order valence-electron chi connectivity index (χ3n) is 3.37. The number of nitrogen functional groups attached to an aromatic ring is 1. The number of carbonyl (C=O) groups excluding carboxylic acids is 1. The Morgan fingerprint density at radius 3 is 2.42 bits per heavy atom. The molecule has 2 aromatic rings. The molecule has 1 amide bonds. The van der Waals surface area contributed by atoms with Crippen molar-refractivity contribution in [1.29, 1.82) is 0 Å². The first kappa shape index (κ1) is 20.2. The Balaban J connectivity index is 0.00000288. The van der Waals surface area contributed by atoms with Crippen molar-refractivity contribution in [3.8, 4) is 0 Å². The number of rotatable bonds is 4. The number of nitrogens with one attached hydrogen (secondary N) is 1. The summed E-state index contributed by atoms with van der Waals surface area (Å²) < 4.78 is 12.0. The van der Waals surface area contributed by atoms with Gasteiger partial charge in [-0.05, 0) is 50.6 Å². The lowest BCUT2D eigenvalue weighted by atomic mass is 10.1. The van der Waals surface area contributed by atoms with Crippen molar-refractivity contribution in [3.63, 3.8) is 0 Å². The lowest BCUT2D eigenvalue weighted by Gasteiger charge is -2.18. The van der Waals surface area contributed by atoms with E-state index < -0.39 is 10.8 Å². The number of benzene rings is 2. The van der Waals surface area contributed by atoms with E-state index in [1.54, 1.807) is 30.3 Å². The van der Waals surface area contributed by atoms with Gasteiger partial charge in [0.25, 0.3) is 5.91 Å². The zero-order valence-electron chi connectivity index (χ0n) is 14.0. The number of amides is 1. The number of anilines is 2. The van der Waals surface area contributed by atoms with Gasteiger partial charge in [0.15, 0.2) is 0 Å². The van der Waals surface area contributed by atoms with Crippen LogP contribution >= 0.6 is 12.4 Å². The quantitative estimate of drug-likeness (QED) is 0.803. The summed E-state index contributed by atoms with van der Waals surface area (Å²) in [6.45, 7) is 5.85. The molecular weight excluding hydrogens is 344 g/mol. The Hall–Kier alpha value is -1.85. The number of para-hydroxylation sites is 1. The molecule has 0 bridgehead atoms. The van der Waals surface area contributed by atoms with Crippen LogP contribution in [0.3, 0.4) is 0 Å². The van der Waals surface area contributed by atoms with E-state index in [1.807, 2.05) is 39.0 Å². The van der Waals surface area contributed by atoms with Gasteiger partial charge >= 0.3 is 0 Å². The molecule has 1 atom stereocenters. The summed E-state index contributed by atoms with van der Waals surface area (Å²) in [4.78, 5) is 12.3. The summed E-state index contributed by atoms with van der Waals surface area (Å²) in [5, 5.41) is 2.83. The van der Waals surface area contributed by atoms with Gasteiger partial charge in [-0.1, -0.05) is 24.3 Å². The topological polar surface area (TPSA) is 72.2 Å². The lowest BCUT2D eigenvalue weighted by Crippen LogP contribution is -2.23.